The van der Waals surface area contributed by atoms with Gasteiger partial charge in [0, 0.05) is 50.0 Å². The SMILES string of the molecule is O=C(NCc1ccccc1Cl)c1ccc(=O)n(CCN2CCOCC2)c1. The molecule has 0 bridgehead atoms. The fraction of sp³-hybridized carbons (Fsp3) is 0.368. The molecule has 1 aliphatic heterocycles. The normalized spacial score (nSPS) is 15.0. The summed E-state index contributed by atoms with van der Waals surface area (Å²) in [6.07, 6.45) is 1.62. The number of carbonyl (C=O) groups excluding carboxylic acids is 1. The van der Waals surface area contributed by atoms with E-state index < -0.39 is 0 Å². The number of morpholine rings is 1. The molecule has 1 N–H and O–H groups in total. The molecule has 0 spiro atoms. The number of nitrogens with one attached hydrogen (secondary N) is 1. The molecule has 2 aromatic rings. The number of amides is 1. The molecule has 0 saturated carbocycles. The predicted octanol–water partition coefficient (Wildman–Crippen LogP) is 1.76. The van der Waals surface area contributed by atoms with Gasteiger partial charge in [0.1, 0.15) is 0 Å². The van der Waals surface area contributed by atoms with Gasteiger partial charge in [-0.25, -0.2) is 0 Å². The van der Waals surface area contributed by atoms with Crippen LogP contribution in [-0.2, 0) is 17.8 Å². The van der Waals surface area contributed by atoms with Crippen LogP contribution >= 0.6 is 11.6 Å². The van der Waals surface area contributed by atoms with Crippen LogP contribution in [0.25, 0.3) is 0 Å². The average Bonchev–Trinajstić information content (AvgIpc) is 2.67. The monoisotopic (exact) mass is 375 g/mol. The highest BCUT2D eigenvalue weighted by atomic mass is 35.5. The number of hydrogen-bond acceptors (Lipinski definition) is 4. The van der Waals surface area contributed by atoms with Crippen LogP contribution in [0.15, 0.2) is 47.4 Å². The average molecular weight is 376 g/mol. The molecule has 138 valence electrons. The molecule has 0 radical (unpaired) electrons. The number of benzene rings is 1. The number of nitrogens with zero attached hydrogens (tertiary/aromatic N) is 2. The van der Waals surface area contributed by atoms with E-state index in [1.807, 2.05) is 18.2 Å². The second-order valence-electron chi connectivity index (χ2n) is 6.18. The molecule has 2 heterocycles. The smallest absolute Gasteiger partial charge is 0.253 e. The molecule has 1 aromatic carbocycles. The Morgan fingerprint density at radius 1 is 1.12 bits per heavy atom. The van der Waals surface area contributed by atoms with E-state index in [1.165, 1.54) is 6.07 Å². The molecule has 7 heteroatoms. The van der Waals surface area contributed by atoms with E-state index in [0.29, 0.717) is 23.7 Å². The van der Waals surface area contributed by atoms with E-state index in [4.69, 9.17) is 16.3 Å². The summed E-state index contributed by atoms with van der Waals surface area (Å²) in [5, 5.41) is 3.46. The molecule has 1 saturated heterocycles. The molecule has 1 amide bonds. The van der Waals surface area contributed by atoms with E-state index in [9.17, 15) is 9.59 Å². The molecule has 6 nitrogen and oxygen atoms in total. The van der Waals surface area contributed by atoms with E-state index in [0.717, 1.165) is 38.4 Å². The molecule has 3 rings (SSSR count). The summed E-state index contributed by atoms with van der Waals surface area (Å²) in [4.78, 5) is 26.7. The van der Waals surface area contributed by atoms with Gasteiger partial charge in [-0.15, -0.1) is 0 Å². The Kier molecular flexibility index (Phi) is 6.44. The van der Waals surface area contributed by atoms with Gasteiger partial charge in [-0.1, -0.05) is 29.8 Å². The fourth-order valence-corrected chi connectivity index (χ4v) is 3.04. The quantitative estimate of drug-likeness (QED) is 0.835. The minimum atomic E-state index is -0.231. The van der Waals surface area contributed by atoms with Gasteiger partial charge in [-0.2, -0.15) is 0 Å². The van der Waals surface area contributed by atoms with Crippen LogP contribution in [0.5, 0.6) is 0 Å². The van der Waals surface area contributed by atoms with Gasteiger partial charge < -0.3 is 14.6 Å². The topological polar surface area (TPSA) is 63.6 Å². The number of hydrogen-bond donors (Lipinski definition) is 1. The van der Waals surface area contributed by atoms with Crippen LogP contribution < -0.4 is 10.9 Å². The highest BCUT2D eigenvalue weighted by Crippen LogP contribution is 2.14. The van der Waals surface area contributed by atoms with Crippen molar-refractivity contribution in [1.82, 2.24) is 14.8 Å². The third kappa shape index (κ3) is 4.94. The van der Waals surface area contributed by atoms with Crippen LogP contribution in [-0.4, -0.2) is 48.2 Å². The van der Waals surface area contributed by atoms with Crippen molar-refractivity contribution in [3.63, 3.8) is 0 Å². The van der Waals surface area contributed by atoms with Gasteiger partial charge in [0.05, 0.1) is 18.8 Å². The van der Waals surface area contributed by atoms with Crippen molar-refractivity contribution < 1.29 is 9.53 Å². The number of aromatic nitrogens is 1. The third-order valence-corrected chi connectivity index (χ3v) is 4.77. The fourth-order valence-electron chi connectivity index (χ4n) is 2.83. The molecule has 26 heavy (non-hydrogen) atoms. The van der Waals surface area contributed by atoms with Crippen molar-refractivity contribution in [1.29, 1.82) is 0 Å². The molecule has 0 aliphatic carbocycles. The lowest BCUT2D eigenvalue weighted by molar-refractivity contribution is 0.0363. The Hall–Kier alpha value is -2.15. The van der Waals surface area contributed by atoms with Crippen molar-refractivity contribution in [2.75, 3.05) is 32.8 Å². The van der Waals surface area contributed by atoms with Crippen molar-refractivity contribution >= 4 is 17.5 Å². The number of rotatable bonds is 6. The highest BCUT2D eigenvalue weighted by molar-refractivity contribution is 6.31. The summed E-state index contributed by atoms with van der Waals surface area (Å²) in [6.45, 7) is 4.82. The minimum Gasteiger partial charge on any atom is -0.379 e. The zero-order chi connectivity index (χ0) is 18.4. The second kappa shape index (κ2) is 8.98. The Morgan fingerprint density at radius 2 is 1.88 bits per heavy atom. The number of pyridine rings is 1. The second-order valence-corrected chi connectivity index (χ2v) is 6.58. The maximum atomic E-state index is 12.4. The summed E-state index contributed by atoms with van der Waals surface area (Å²) in [7, 11) is 0. The Bertz CT molecular complexity index is 816. The first-order valence-corrected chi connectivity index (χ1v) is 9.03. The van der Waals surface area contributed by atoms with Crippen LogP contribution in [0.2, 0.25) is 5.02 Å². The Labute approximate surface area is 157 Å². The lowest BCUT2D eigenvalue weighted by atomic mass is 10.2. The number of carbonyl (C=O) groups is 1. The first-order chi connectivity index (χ1) is 12.6. The van der Waals surface area contributed by atoms with Crippen molar-refractivity contribution in [3.8, 4) is 0 Å². The maximum Gasteiger partial charge on any atom is 0.253 e. The summed E-state index contributed by atoms with van der Waals surface area (Å²) >= 11 is 6.10. The molecule has 1 aliphatic rings. The zero-order valence-electron chi connectivity index (χ0n) is 14.5. The predicted molar refractivity (Wildman–Crippen MR) is 101 cm³/mol. The first-order valence-electron chi connectivity index (χ1n) is 8.66. The van der Waals surface area contributed by atoms with E-state index in [-0.39, 0.29) is 11.5 Å². The Balaban J connectivity index is 1.61. The lowest BCUT2D eigenvalue weighted by Crippen LogP contribution is -2.39. The van der Waals surface area contributed by atoms with Gasteiger partial charge in [0.2, 0.25) is 0 Å². The minimum absolute atomic E-state index is 0.110. The van der Waals surface area contributed by atoms with E-state index in [1.54, 1.807) is 22.9 Å². The van der Waals surface area contributed by atoms with Crippen LogP contribution in [0.3, 0.4) is 0 Å². The standard InChI is InChI=1S/C19H22ClN3O3/c20-17-4-2-1-3-15(17)13-21-19(25)16-5-6-18(24)23(14-16)8-7-22-9-11-26-12-10-22/h1-6,14H,7-13H2,(H,21,25). The van der Waals surface area contributed by atoms with Crippen LogP contribution in [0.4, 0.5) is 0 Å². The van der Waals surface area contributed by atoms with Gasteiger partial charge in [-0.3, -0.25) is 14.5 Å². The molecule has 1 fully saturated rings. The zero-order valence-corrected chi connectivity index (χ0v) is 15.2. The number of ether oxygens (including phenoxy) is 1. The first kappa shape index (κ1) is 18.6. The van der Waals surface area contributed by atoms with E-state index >= 15 is 0 Å². The van der Waals surface area contributed by atoms with Crippen LogP contribution in [0.1, 0.15) is 15.9 Å². The van der Waals surface area contributed by atoms with Gasteiger partial charge in [0.15, 0.2) is 0 Å². The van der Waals surface area contributed by atoms with Crippen molar-refractivity contribution in [2.45, 2.75) is 13.1 Å². The van der Waals surface area contributed by atoms with Crippen molar-refractivity contribution in [3.05, 3.63) is 69.1 Å². The molecule has 0 unspecified atom stereocenters. The molecular weight excluding hydrogens is 354 g/mol. The molecule has 1 aromatic heterocycles. The van der Waals surface area contributed by atoms with Crippen molar-refractivity contribution in [2.24, 2.45) is 0 Å². The summed E-state index contributed by atoms with van der Waals surface area (Å²) in [6, 6.07) is 10.4. The van der Waals surface area contributed by atoms with Gasteiger partial charge >= 0.3 is 0 Å². The van der Waals surface area contributed by atoms with Crippen LogP contribution in [0, 0.1) is 0 Å². The highest BCUT2D eigenvalue weighted by Gasteiger charge is 2.12. The summed E-state index contributed by atoms with van der Waals surface area (Å²) < 4.78 is 6.91. The van der Waals surface area contributed by atoms with E-state index in [2.05, 4.69) is 10.2 Å². The molecular formula is C19H22ClN3O3. The maximum absolute atomic E-state index is 12.4. The number of halogens is 1. The third-order valence-electron chi connectivity index (χ3n) is 4.40. The largest absolute Gasteiger partial charge is 0.379 e. The van der Waals surface area contributed by atoms with Gasteiger partial charge in [-0.05, 0) is 17.7 Å². The lowest BCUT2D eigenvalue weighted by Gasteiger charge is -2.26. The van der Waals surface area contributed by atoms with Gasteiger partial charge in [0.25, 0.3) is 11.5 Å². The summed E-state index contributed by atoms with van der Waals surface area (Å²) in [5.41, 5.74) is 1.20. The Morgan fingerprint density at radius 3 is 2.65 bits per heavy atom. The molecule has 0 atom stereocenters. The summed E-state index contributed by atoms with van der Waals surface area (Å²) in [5.74, 6) is -0.231.